The van der Waals surface area contributed by atoms with E-state index in [-0.39, 0.29) is 0 Å². The van der Waals surface area contributed by atoms with Gasteiger partial charge < -0.3 is 5.11 Å². The highest BCUT2D eigenvalue weighted by Gasteiger charge is 2.26. The number of hydrogen-bond donors (Lipinski definition) is 1. The summed E-state index contributed by atoms with van der Waals surface area (Å²) < 4.78 is 0. The first-order valence-electron chi connectivity index (χ1n) is 6.05. The SMILES string of the molecule is CCCC(O)(CCC)CCC(C)(C)C. The lowest BCUT2D eigenvalue weighted by Gasteiger charge is -2.31. The zero-order chi connectivity index (χ0) is 11.2. The maximum Gasteiger partial charge on any atom is 0.0647 e. The molecule has 0 rings (SSSR count). The summed E-state index contributed by atoms with van der Waals surface area (Å²) in [4.78, 5) is 0. The van der Waals surface area contributed by atoms with Gasteiger partial charge in [0.2, 0.25) is 0 Å². The topological polar surface area (TPSA) is 20.2 Å². The highest BCUT2D eigenvalue weighted by atomic mass is 16.3. The summed E-state index contributed by atoms with van der Waals surface area (Å²) in [5.41, 5.74) is -0.0494. The molecule has 86 valence electrons. The Morgan fingerprint density at radius 1 is 0.786 bits per heavy atom. The molecule has 0 radical (unpaired) electrons. The Balaban J connectivity index is 4.08. The maximum atomic E-state index is 10.4. The van der Waals surface area contributed by atoms with Crippen LogP contribution in [-0.2, 0) is 0 Å². The van der Waals surface area contributed by atoms with Crippen LogP contribution >= 0.6 is 0 Å². The summed E-state index contributed by atoms with van der Waals surface area (Å²) in [6.45, 7) is 11.0. The van der Waals surface area contributed by atoms with Gasteiger partial charge in [-0.05, 0) is 31.1 Å². The summed E-state index contributed by atoms with van der Waals surface area (Å²) in [5, 5.41) is 10.4. The molecule has 1 nitrogen and oxygen atoms in total. The van der Waals surface area contributed by atoms with E-state index >= 15 is 0 Å². The molecule has 0 saturated heterocycles. The van der Waals surface area contributed by atoms with Crippen LogP contribution in [0.3, 0.4) is 0 Å². The largest absolute Gasteiger partial charge is 0.390 e. The molecule has 0 aromatic heterocycles. The molecule has 0 spiro atoms. The minimum Gasteiger partial charge on any atom is -0.390 e. The Kier molecular flexibility index (Phi) is 5.73. The molecule has 1 heteroatoms. The number of aliphatic hydroxyl groups is 1. The van der Waals surface area contributed by atoms with Crippen LogP contribution in [0, 0.1) is 5.41 Å². The molecule has 0 saturated carbocycles. The molecule has 0 aromatic rings. The standard InChI is InChI=1S/C13H28O/c1-6-8-13(14,9-7-2)11-10-12(3,4)5/h14H,6-11H2,1-5H3. The zero-order valence-electron chi connectivity index (χ0n) is 10.7. The summed E-state index contributed by atoms with van der Waals surface area (Å²) in [6.07, 6.45) is 6.15. The maximum absolute atomic E-state index is 10.4. The van der Waals surface area contributed by atoms with E-state index in [9.17, 15) is 5.11 Å². The quantitative estimate of drug-likeness (QED) is 0.683. The van der Waals surface area contributed by atoms with E-state index in [1.807, 2.05) is 0 Å². The molecule has 0 aliphatic carbocycles. The lowest BCUT2D eigenvalue weighted by molar-refractivity contribution is 0.00339. The van der Waals surface area contributed by atoms with Crippen molar-refractivity contribution in [2.75, 3.05) is 0 Å². The lowest BCUT2D eigenvalue weighted by atomic mass is 9.81. The van der Waals surface area contributed by atoms with Crippen molar-refractivity contribution in [3.05, 3.63) is 0 Å². The molecule has 0 atom stereocenters. The third-order valence-electron chi connectivity index (χ3n) is 2.77. The Labute approximate surface area is 89.9 Å². The normalized spacial score (nSPS) is 13.3. The second-order valence-electron chi connectivity index (χ2n) is 5.79. The van der Waals surface area contributed by atoms with E-state index in [2.05, 4.69) is 34.6 Å². The summed E-state index contributed by atoms with van der Waals surface area (Å²) in [7, 11) is 0. The number of rotatable bonds is 6. The van der Waals surface area contributed by atoms with Gasteiger partial charge in [0.15, 0.2) is 0 Å². The molecular weight excluding hydrogens is 172 g/mol. The molecule has 0 bridgehead atoms. The highest BCUT2D eigenvalue weighted by molar-refractivity contribution is 4.79. The summed E-state index contributed by atoms with van der Waals surface area (Å²) >= 11 is 0. The van der Waals surface area contributed by atoms with Crippen LogP contribution in [0.1, 0.15) is 73.1 Å². The lowest BCUT2D eigenvalue weighted by Crippen LogP contribution is -2.29. The fourth-order valence-electron chi connectivity index (χ4n) is 1.91. The smallest absolute Gasteiger partial charge is 0.0647 e. The minimum absolute atomic E-state index is 0.343. The van der Waals surface area contributed by atoms with Gasteiger partial charge in [-0.25, -0.2) is 0 Å². The van der Waals surface area contributed by atoms with Crippen molar-refractivity contribution in [1.82, 2.24) is 0 Å². The predicted molar refractivity (Wildman–Crippen MR) is 63.5 cm³/mol. The zero-order valence-corrected chi connectivity index (χ0v) is 10.7. The molecule has 0 aliphatic rings. The van der Waals surface area contributed by atoms with Crippen molar-refractivity contribution in [2.24, 2.45) is 5.41 Å². The van der Waals surface area contributed by atoms with E-state index in [1.165, 1.54) is 0 Å². The van der Waals surface area contributed by atoms with Crippen LogP contribution in [-0.4, -0.2) is 10.7 Å². The van der Waals surface area contributed by atoms with Crippen LogP contribution in [0.2, 0.25) is 0 Å². The molecule has 1 N–H and O–H groups in total. The molecule has 0 fully saturated rings. The molecule has 0 heterocycles. The Bertz CT molecular complexity index is 138. The predicted octanol–water partition coefficient (Wildman–Crippen LogP) is 4.14. The molecular formula is C13H28O. The first kappa shape index (κ1) is 14.0. The van der Waals surface area contributed by atoms with Crippen molar-refractivity contribution >= 4 is 0 Å². The van der Waals surface area contributed by atoms with E-state index in [0.717, 1.165) is 38.5 Å². The Morgan fingerprint density at radius 3 is 1.50 bits per heavy atom. The highest BCUT2D eigenvalue weighted by Crippen LogP contribution is 2.31. The van der Waals surface area contributed by atoms with Crippen LogP contribution in [0.15, 0.2) is 0 Å². The van der Waals surface area contributed by atoms with Gasteiger partial charge in [-0.1, -0.05) is 47.5 Å². The summed E-state index contributed by atoms with van der Waals surface area (Å²) in [6, 6.07) is 0. The average Bonchev–Trinajstić information content (AvgIpc) is 2.01. The van der Waals surface area contributed by atoms with Crippen molar-refractivity contribution < 1.29 is 5.11 Å². The van der Waals surface area contributed by atoms with Gasteiger partial charge in [-0.15, -0.1) is 0 Å². The average molecular weight is 200 g/mol. The Hall–Kier alpha value is -0.0400. The molecule has 14 heavy (non-hydrogen) atoms. The second kappa shape index (κ2) is 5.75. The van der Waals surface area contributed by atoms with Gasteiger partial charge in [0.25, 0.3) is 0 Å². The van der Waals surface area contributed by atoms with Crippen LogP contribution in [0.25, 0.3) is 0 Å². The summed E-state index contributed by atoms with van der Waals surface area (Å²) in [5.74, 6) is 0. The van der Waals surface area contributed by atoms with E-state index in [0.29, 0.717) is 5.41 Å². The van der Waals surface area contributed by atoms with Crippen molar-refractivity contribution in [3.63, 3.8) is 0 Å². The molecule has 0 unspecified atom stereocenters. The Morgan fingerprint density at radius 2 is 1.21 bits per heavy atom. The van der Waals surface area contributed by atoms with Gasteiger partial charge in [-0.3, -0.25) is 0 Å². The first-order chi connectivity index (χ1) is 6.33. The monoisotopic (exact) mass is 200 g/mol. The van der Waals surface area contributed by atoms with Crippen molar-refractivity contribution in [2.45, 2.75) is 78.7 Å². The number of hydrogen-bond acceptors (Lipinski definition) is 1. The molecule has 0 aromatic carbocycles. The van der Waals surface area contributed by atoms with Crippen molar-refractivity contribution in [1.29, 1.82) is 0 Å². The van der Waals surface area contributed by atoms with Gasteiger partial charge in [0.05, 0.1) is 5.60 Å². The minimum atomic E-state index is -0.392. The van der Waals surface area contributed by atoms with Crippen molar-refractivity contribution in [3.8, 4) is 0 Å². The van der Waals surface area contributed by atoms with Gasteiger partial charge in [0, 0.05) is 0 Å². The van der Waals surface area contributed by atoms with E-state index < -0.39 is 5.60 Å². The van der Waals surface area contributed by atoms with E-state index in [4.69, 9.17) is 0 Å². The second-order valence-corrected chi connectivity index (χ2v) is 5.79. The van der Waals surface area contributed by atoms with Crippen LogP contribution in [0.5, 0.6) is 0 Å². The third-order valence-corrected chi connectivity index (χ3v) is 2.77. The van der Waals surface area contributed by atoms with Gasteiger partial charge >= 0.3 is 0 Å². The molecule has 0 amide bonds. The van der Waals surface area contributed by atoms with Crippen LogP contribution in [0.4, 0.5) is 0 Å². The third kappa shape index (κ3) is 6.42. The fourth-order valence-corrected chi connectivity index (χ4v) is 1.91. The van der Waals surface area contributed by atoms with E-state index in [1.54, 1.807) is 0 Å². The molecule has 0 aliphatic heterocycles. The van der Waals surface area contributed by atoms with Crippen LogP contribution < -0.4 is 0 Å². The first-order valence-corrected chi connectivity index (χ1v) is 6.05. The van der Waals surface area contributed by atoms with Gasteiger partial charge in [0.1, 0.15) is 0 Å². The van der Waals surface area contributed by atoms with Gasteiger partial charge in [-0.2, -0.15) is 0 Å². The fraction of sp³-hybridized carbons (Fsp3) is 1.00.